The van der Waals surface area contributed by atoms with Gasteiger partial charge < -0.3 is 10.3 Å². The summed E-state index contributed by atoms with van der Waals surface area (Å²) in [5.74, 6) is 5.31. The fourth-order valence-electron chi connectivity index (χ4n) is 2.84. The van der Waals surface area contributed by atoms with E-state index in [1.807, 2.05) is 6.07 Å². The Morgan fingerprint density at radius 1 is 1.48 bits per heavy atom. The van der Waals surface area contributed by atoms with E-state index in [2.05, 4.69) is 29.2 Å². The number of nitrogens with two attached hydrogens (primary N) is 1. The third-order valence-electron chi connectivity index (χ3n) is 3.98. The second kappa shape index (κ2) is 6.84. The normalized spacial score (nSPS) is 21.0. The van der Waals surface area contributed by atoms with Crippen LogP contribution in [0.25, 0.3) is 0 Å². The number of hydrogen-bond donors (Lipinski definition) is 2. The highest BCUT2D eigenvalue weighted by atomic mass is 16.6. The molecule has 1 atom stereocenters. The number of hydrazine groups is 1. The van der Waals surface area contributed by atoms with Crippen LogP contribution in [0.2, 0.25) is 0 Å². The number of anilines is 1. The zero-order chi connectivity index (χ0) is 15.4. The monoisotopic (exact) mass is 293 g/mol. The van der Waals surface area contributed by atoms with Crippen LogP contribution in [0.1, 0.15) is 18.9 Å². The average Bonchev–Trinajstić information content (AvgIpc) is 2.60. The summed E-state index contributed by atoms with van der Waals surface area (Å²) >= 11 is 0. The Morgan fingerprint density at radius 3 is 2.90 bits per heavy atom. The van der Waals surface area contributed by atoms with Gasteiger partial charge in [-0.3, -0.25) is 20.9 Å². The Hall–Kier alpha value is -1.70. The molecule has 7 nitrogen and oxygen atoms in total. The zero-order valence-corrected chi connectivity index (χ0v) is 12.6. The topological polar surface area (TPSA) is 87.7 Å². The quantitative estimate of drug-likeness (QED) is 0.496. The molecule has 1 saturated heterocycles. The average molecular weight is 293 g/mol. The molecule has 21 heavy (non-hydrogen) atoms. The zero-order valence-electron chi connectivity index (χ0n) is 12.6. The first-order valence-electron chi connectivity index (χ1n) is 7.17. The molecule has 0 aliphatic carbocycles. The minimum atomic E-state index is -0.404. The van der Waals surface area contributed by atoms with Crippen LogP contribution in [0, 0.1) is 10.1 Å². The summed E-state index contributed by atoms with van der Waals surface area (Å²) in [6.07, 6.45) is 1.12. The summed E-state index contributed by atoms with van der Waals surface area (Å²) in [6, 6.07) is 5.60. The van der Waals surface area contributed by atoms with Crippen molar-refractivity contribution < 1.29 is 4.92 Å². The Balaban J connectivity index is 2.15. The molecule has 7 heteroatoms. The molecule has 0 amide bonds. The molecule has 1 unspecified atom stereocenters. The third kappa shape index (κ3) is 3.90. The lowest BCUT2D eigenvalue weighted by atomic mass is 10.1. The summed E-state index contributed by atoms with van der Waals surface area (Å²) in [4.78, 5) is 15.4. The van der Waals surface area contributed by atoms with Crippen molar-refractivity contribution in [1.29, 1.82) is 0 Å². The van der Waals surface area contributed by atoms with E-state index < -0.39 is 4.92 Å². The molecule has 1 heterocycles. The van der Waals surface area contributed by atoms with E-state index in [0.29, 0.717) is 11.7 Å². The van der Waals surface area contributed by atoms with E-state index in [0.717, 1.165) is 38.2 Å². The van der Waals surface area contributed by atoms with Crippen LogP contribution in [-0.4, -0.2) is 47.4 Å². The lowest BCUT2D eigenvalue weighted by Crippen LogP contribution is -2.37. The maximum atomic E-state index is 11.1. The molecule has 1 fully saturated rings. The van der Waals surface area contributed by atoms with Crippen molar-refractivity contribution in [1.82, 2.24) is 9.80 Å². The third-order valence-corrected chi connectivity index (χ3v) is 3.98. The van der Waals surface area contributed by atoms with E-state index in [1.165, 1.54) is 0 Å². The lowest BCUT2D eigenvalue weighted by molar-refractivity contribution is -0.384. The predicted octanol–water partition coefficient (Wildman–Crippen LogP) is 1.41. The number of nitrogen functional groups attached to an aromatic ring is 1. The van der Waals surface area contributed by atoms with Gasteiger partial charge in [0.15, 0.2) is 0 Å². The van der Waals surface area contributed by atoms with Crippen LogP contribution >= 0.6 is 0 Å². The van der Waals surface area contributed by atoms with Crippen molar-refractivity contribution in [2.75, 3.05) is 32.1 Å². The largest absolute Gasteiger partial charge is 0.318 e. The molecule has 1 aromatic rings. The summed E-state index contributed by atoms with van der Waals surface area (Å²) in [5, 5.41) is 11.1. The van der Waals surface area contributed by atoms with Crippen molar-refractivity contribution in [2.24, 2.45) is 5.84 Å². The van der Waals surface area contributed by atoms with Gasteiger partial charge in [-0.15, -0.1) is 0 Å². The molecule has 0 saturated carbocycles. The molecule has 0 bridgehead atoms. The molecule has 1 aromatic carbocycles. The van der Waals surface area contributed by atoms with Gasteiger partial charge in [0.05, 0.1) is 4.92 Å². The highest BCUT2D eigenvalue weighted by Crippen LogP contribution is 2.25. The van der Waals surface area contributed by atoms with Crippen LogP contribution in [0.15, 0.2) is 18.2 Å². The fraction of sp³-hybridized carbons (Fsp3) is 0.571. The summed E-state index contributed by atoms with van der Waals surface area (Å²) < 4.78 is 0. The van der Waals surface area contributed by atoms with Crippen molar-refractivity contribution in [3.05, 3.63) is 33.9 Å². The highest BCUT2D eigenvalue weighted by molar-refractivity contribution is 5.61. The summed E-state index contributed by atoms with van der Waals surface area (Å²) in [6.45, 7) is 6.05. The second-order valence-corrected chi connectivity index (χ2v) is 5.69. The molecule has 1 aliphatic rings. The Kier molecular flexibility index (Phi) is 5.11. The van der Waals surface area contributed by atoms with Gasteiger partial charge in [0, 0.05) is 31.7 Å². The number of hydrogen-bond acceptors (Lipinski definition) is 6. The van der Waals surface area contributed by atoms with Crippen molar-refractivity contribution in [2.45, 2.75) is 25.9 Å². The molecule has 0 aromatic heterocycles. The Labute approximate surface area is 124 Å². The SMILES string of the molecule is CC1CN(C)CCCN1Cc1ccc(NN)c([N+](=O)[O-])c1. The summed E-state index contributed by atoms with van der Waals surface area (Å²) in [5.41, 5.74) is 3.68. The first-order valence-corrected chi connectivity index (χ1v) is 7.17. The van der Waals surface area contributed by atoms with E-state index in [-0.39, 0.29) is 5.69 Å². The van der Waals surface area contributed by atoms with Crippen molar-refractivity contribution in [3.8, 4) is 0 Å². The van der Waals surface area contributed by atoms with Gasteiger partial charge in [-0.2, -0.15) is 0 Å². The number of likely N-dealkylation sites (N-methyl/N-ethyl adjacent to an activating group) is 1. The van der Waals surface area contributed by atoms with Crippen LogP contribution in [0.3, 0.4) is 0 Å². The second-order valence-electron chi connectivity index (χ2n) is 5.69. The number of nitrogens with zero attached hydrogens (tertiary/aromatic N) is 3. The van der Waals surface area contributed by atoms with E-state index in [9.17, 15) is 10.1 Å². The van der Waals surface area contributed by atoms with Gasteiger partial charge in [-0.25, -0.2) is 0 Å². The minimum Gasteiger partial charge on any atom is -0.318 e. The Morgan fingerprint density at radius 2 is 2.24 bits per heavy atom. The van der Waals surface area contributed by atoms with Crippen LogP contribution in [0.4, 0.5) is 11.4 Å². The smallest absolute Gasteiger partial charge is 0.293 e. The van der Waals surface area contributed by atoms with Gasteiger partial charge in [0.25, 0.3) is 5.69 Å². The van der Waals surface area contributed by atoms with E-state index in [4.69, 9.17) is 5.84 Å². The predicted molar refractivity (Wildman–Crippen MR) is 82.9 cm³/mol. The molecular formula is C14H23N5O2. The minimum absolute atomic E-state index is 0.0228. The molecule has 1 aliphatic heterocycles. The number of benzene rings is 1. The van der Waals surface area contributed by atoms with Crippen LogP contribution in [0.5, 0.6) is 0 Å². The molecule has 2 rings (SSSR count). The van der Waals surface area contributed by atoms with Gasteiger partial charge in [-0.1, -0.05) is 6.07 Å². The van der Waals surface area contributed by atoms with Gasteiger partial charge >= 0.3 is 0 Å². The molecule has 3 N–H and O–H groups in total. The maximum absolute atomic E-state index is 11.1. The maximum Gasteiger partial charge on any atom is 0.293 e. The van der Waals surface area contributed by atoms with Gasteiger partial charge in [-0.05, 0) is 38.6 Å². The molecule has 116 valence electrons. The van der Waals surface area contributed by atoms with E-state index in [1.54, 1.807) is 12.1 Å². The van der Waals surface area contributed by atoms with Crippen LogP contribution < -0.4 is 11.3 Å². The molecule has 0 radical (unpaired) electrons. The first-order chi connectivity index (χ1) is 10.0. The lowest BCUT2D eigenvalue weighted by Gasteiger charge is -2.27. The van der Waals surface area contributed by atoms with Crippen molar-refractivity contribution in [3.63, 3.8) is 0 Å². The molecular weight excluding hydrogens is 270 g/mol. The first kappa shape index (κ1) is 15.7. The fourth-order valence-corrected chi connectivity index (χ4v) is 2.84. The van der Waals surface area contributed by atoms with Gasteiger partial charge in [0.1, 0.15) is 5.69 Å². The van der Waals surface area contributed by atoms with Crippen molar-refractivity contribution >= 4 is 11.4 Å². The number of nitro groups is 1. The Bertz CT molecular complexity index is 508. The molecule has 0 spiro atoms. The van der Waals surface area contributed by atoms with Gasteiger partial charge in [0.2, 0.25) is 0 Å². The number of nitrogens with one attached hydrogen (secondary N) is 1. The summed E-state index contributed by atoms with van der Waals surface area (Å²) in [7, 11) is 2.13. The standard InChI is InChI=1S/C14H23N5O2/c1-11-9-17(2)6-3-7-18(11)10-12-4-5-13(16-15)14(8-12)19(20)21/h4-5,8,11,16H,3,6-7,9-10,15H2,1-2H3. The van der Waals surface area contributed by atoms with Crippen LogP contribution in [-0.2, 0) is 6.54 Å². The number of rotatable bonds is 4. The highest BCUT2D eigenvalue weighted by Gasteiger charge is 2.21. The van der Waals surface area contributed by atoms with E-state index >= 15 is 0 Å². The number of nitro benzene ring substituents is 1.